The third-order valence-electron chi connectivity index (χ3n) is 3.50. The summed E-state index contributed by atoms with van der Waals surface area (Å²) in [5.74, 6) is -0.734. The molecule has 0 saturated carbocycles. The molecule has 6 heteroatoms. The van der Waals surface area contributed by atoms with E-state index in [4.69, 9.17) is 4.74 Å². The number of carbonyl (C=O) groups excluding carboxylic acids is 1. The lowest BCUT2D eigenvalue weighted by atomic mass is 10.1. The maximum atomic E-state index is 12.1. The predicted molar refractivity (Wildman–Crippen MR) is 90.0 cm³/mol. The van der Waals surface area contributed by atoms with Gasteiger partial charge >= 0.3 is 12.3 Å². The van der Waals surface area contributed by atoms with E-state index < -0.39 is 18.1 Å². The van der Waals surface area contributed by atoms with E-state index in [-0.39, 0.29) is 5.56 Å². The normalized spacial score (nSPS) is 11.0. The fourth-order valence-corrected chi connectivity index (χ4v) is 2.30. The summed E-state index contributed by atoms with van der Waals surface area (Å²) < 4.78 is 45.4. The molecule has 3 aromatic rings. The molecule has 0 amide bonds. The first-order valence-corrected chi connectivity index (χ1v) is 7.64. The van der Waals surface area contributed by atoms with Gasteiger partial charge in [0.05, 0.1) is 5.56 Å². The van der Waals surface area contributed by atoms with Crippen molar-refractivity contribution in [2.45, 2.75) is 6.36 Å². The molecule has 0 aromatic heterocycles. The van der Waals surface area contributed by atoms with Crippen LogP contribution in [-0.2, 0) is 0 Å². The lowest BCUT2D eigenvalue weighted by molar-refractivity contribution is -0.274. The van der Waals surface area contributed by atoms with Crippen LogP contribution in [0.3, 0.4) is 0 Å². The third kappa shape index (κ3) is 4.63. The molecule has 3 nitrogen and oxygen atoms in total. The van der Waals surface area contributed by atoms with Gasteiger partial charge in [0, 0.05) is 0 Å². The number of alkyl halides is 3. The molecule has 0 bridgehead atoms. The topological polar surface area (TPSA) is 35.5 Å². The Bertz CT molecular complexity index is 871. The predicted octanol–water partition coefficient (Wildman–Crippen LogP) is 5.47. The van der Waals surface area contributed by atoms with Crippen molar-refractivity contribution in [3.63, 3.8) is 0 Å². The van der Waals surface area contributed by atoms with E-state index in [9.17, 15) is 18.0 Å². The van der Waals surface area contributed by atoms with E-state index >= 15 is 0 Å². The molecular weight excluding hydrogens is 345 g/mol. The van der Waals surface area contributed by atoms with Crippen LogP contribution in [0, 0.1) is 0 Å². The van der Waals surface area contributed by atoms with Crippen LogP contribution in [0.2, 0.25) is 0 Å². The zero-order valence-electron chi connectivity index (χ0n) is 13.4. The van der Waals surface area contributed by atoms with E-state index in [0.717, 1.165) is 23.3 Å². The zero-order valence-corrected chi connectivity index (χ0v) is 13.4. The third-order valence-corrected chi connectivity index (χ3v) is 3.50. The van der Waals surface area contributed by atoms with E-state index in [1.54, 1.807) is 12.1 Å². The molecule has 0 heterocycles. The van der Waals surface area contributed by atoms with Crippen LogP contribution in [0.15, 0.2) is 78.9 Å². The number of esters is 1. The summed E-state index contributed by atoms with van der Waals surface area (Å²) in [5, 5.41) is 0. The van der Waals surface area contributed by atoms with Crippen molar-refractivity contribution in [3.05, 3.63) is 84.4 Å². The Kier molecular flexibility index (Phi) is 4.93. The number of hydrogen-bond donors (Lipinski definition) is 0. The molecule has 3 aromatic carbocycles. The molecule has 26 heavy (non-hydrogen) atoms. The second kappa shape index (κ2) is 7.31. The van der Waals surface area contributed by atoms with Crippen LogP contribution in [0.4, 0.5) is 13.2 Å². The number of hydrogen-bond acceptors (Lipinski definition) is 3. The highest BCUT2D eigenvalue weighted by Gasteiger charge is 2.31. The second-order valence-electron chi connectivity index (χ2n) is 5.35. The Morgan fingerprint density at radius 2 is 1.23 bits per heavy atom. The lowest BCUT2D eigenvalue weighted by Gasteiger charge is -2.09. The number of carbonyl (C=O) groups is 1. The van der Waals surface area contributed by atoms with E-state index in [2.05, 4.69) is 4.74 Å². The molecule has 132 valence electrons. The zero-order chi connectivity index (χ0) is 18.6. The van der Waals surface area contributed by atoms with Gasteiger partial charge in [-0.2, -0.15) is 0 Å². The van der Waals surface area contributed by atoms with Crippen LogP contribution < -0.4 is 9.47 Å². The fraction of sp³-hybridized carbons (Fsp3) is 0.0500. The van der Waals surface area contributed by atoms with Crippen molar-refractivity contribution in [3.8, 4) is 22.6 Å². The largest absolute Gasteiger partial charge is 0.573 e. The Balaban J connectivity index is 1.66. The van der Waals surface area contributed by atoms with E-state index in [1.807, 2.05) is 42.5 Å². The number of halogens is 3. The number of ether oxygens (including phenoxy) is 2. The SMILES string of the molecule is O=C(Oc1ccc(-c2ccccc2)cc1)c1ccc(OC(F)(F)F)cc1. The molecule has 3 rings (SSSR count). The molecule has 0 fully saturated rings. The van der Waals surface area contributed by atoms with Gasteiger partial charge in [0.2, 0.25) is 0 Å². The van der Waals surface area contributed by atoms with Gasteiger partial charge in [0.25, 0.3) is 0 Å². The van der Waals surface area contributed by atoms with Gasteiger partial charge in [-0.3, -0.25) is 0 Å². The van der Waals surface area contributed by atoms with Crippen molar-refractivity contribution in [1.82, 2.24) is 0 Å². The molecule has 0 atom stereocenters. The number of rotatable bonds is 4. The highest BCUT2D eigenvalue weighted by atomic mass is 19.4. The Morgan fingerprint density at radius 3 is 1.81 bits per heavy atom. The molecule has 0 unspecified atom stereocenters. The summed E-state index contributed by atoms with van der Waals surface area (Å²) in [4.78, 5) is 12.1. The molecule has 0 aliphatic carbocycles. The van der Waals surface area contributed by atoms with Crippen molar-refractivity contribution in [1.29, 1.82) is 0 Å². The first-order valence-electron chi connectivity index (χ1n) is 7.64. The minimum absolute atomic E-state index is 0.117. The van der Waals surface area contributed by atoms with Crippen LogP contribution in [0.25, 0.3) is 11.1 Å². The minimum atomic E-state index is -4.78. The molecule has 0 saturated heterocycles. The van der Waals surface area contributed by atoms with Crippen LogP contribution in [0.5, 0.6) is 11.5 Å². The summed E-state index contributed by atoms with van der Waals surface area (Å²) in [6.07, 6.45) is -4.78. The highest BCUT2D eigenvalue weighted by Crippen LogP contribution is 2.24. The van der Waals surface area contributed by atoms with Crippen LogP contribution in [0.1, 0.15) is 10.4 Å². The van der Waals surface area contributed by atoms with Crippen molar-refractivity contribution < 1.29 is 27.4 Å². The summed E-state index contributed by atoms with van der Waals surface area (Å²) in [6.45, 7) is 0. The molecule has 0 aliphatic heterocycles. The Labute approximate surface area is 147 Å². The van der Waals surface area contributed by atoms with Crippen LogP contribution in [-0.4, -0.2) is 12.3 Å². The molecular formula is C20H13F3O3. The lowest BCUT2D eigenvalue weighted by Crippen LogP contribution is -2.17. The first kappa shape index (κ1) is 17.5. The molecule has 0 N–H and O–H groups in total. The van der Waals surface area contributed by atoms with Gasteiger partial charge in [-0.05, 0) is 47.5 Å². The monoisotopic (exact) mass is 358 g/mol. The first-order chi connectivity index (χ1) is 12.4. The van der Waals surface area contributed by atoms with Gasteiger partial charge < -0.3 is 9.47 Å². The molecule has 0 aliphatic rings. The highest BCUT2D eigenvalue weighted by molar-refractivity contribution is 5.91. The number of benzene rings is 3. The maximum absolute atomic E-state index is 12.1. The standard InChI is InChI=1S/C20H13F3O3/c21-20(22,23)26-18-12-8-16(9-13-18)19(24)25-17-10-6-15(7-11-17)14-4-2-1-3-5-14/h1-13H. The van der Waals surface area contributed by atoms with E-state index in [0.29, 0.717) is 5.75 Å². The average molecular weight is 358 g/mol. The van der Waals surface area contributed by atoms with Gasteiger partial charge in [-0.15, -0.1) is 13.2 Å². The average Bonchev–Trinajstić information content (AvgIpc) is 2.62. The maximum Gasteiger partial charge on any atom is 0.573 e. The van der Waals surface area contributed by atoms with Gasteiger partial charge in [0.15, 0.2) is 0 Å². The Hall–Kier alpha value is -3.28. The fourth-order valence-electron chi connectivity index (χ4n) is 2.30. The molecule has 0 spiro atoms. The van der Waals surface area contributed by atoms with Crippen molar-refractivity contribution in [2.75, 3.05) is 0 Å². The summed E-state index contributed by atoms with van der Waals surface area (Å²) >= 11 is 0. The summed E-state index contributed by atoms with van der Waals surface area (Å²) in [7, 11) is 0. The van der Waals surface area contributed by atoms with Crippen molar-refractivity contribution >= 4 is 5.97 Å². The van der Waals surface area contributed by atoms with Gasteiger partial charge in [-0.25, -0.2) is 4.79 Å². The summed E-state index contributed by atoms with van der Waals surface area (Å²) in [6, 6.07) is 21.2. The smallest absolute Gasteiger partial charge is 0.423 e. The van der Waals surface area contributed by atoms with Crippen molar-refractivity contribution in [2.24, 2.45) is 0 Å². The summed E-state index contributed by atoms with van der Waals surface area (Å²) in [5.41, 5.74) is 2.12. The minimum Gasteiger partial charge on any atom is -0.423 e. The van der Waals surface area contributed by atoms with E-state index in [1.165, 1.54) is 12.1 Å². The van der Waals surface area contributed by atoms with Gasteiger partial charge in [-0.1, -0.05) is 42.5 Å². The van der Waals surface area contributed by atoms with Gasteiger partial charge in [0.1, 0.15) is 11.5 Å². The molecule has 0 radical (unpaired) electrons. The quantitative estimate of drug-likeness (QED) is 0.458. The Morgan fingerprint density at radius 1 is 0.692 bits per heavy atom. The second-order valence-corrected chi connectivity index (χ2v) is 5.35. The van der Waals surface area contributed by atoms with Crippen LogP contribution >= 0.6 is 0 Å².